The molecule has 3 aromatic carbocycles. The average molecular weight is 538 g/mol. The lowest BCUT2D eigenvalue weighted by Crippen LogP contribution is -2.41. The van der Waals surface area contributed by atoms with Gasteiger partial charge in [0.15, 0.2) is 0 Å². The first-order chi connectivity index (χ1) is 16.1. The minimum absolute atomic E-state index is 0.0793. The van der Waals surface area contributed by atoms with Crippen molar-refractivity contribution in [3.63, 3.8) is 0 Å². The van der Waals surface area contributed by atoms with E-state index in [0.717, 1.165) is 15.6 Å². The van der Waals surface area contributed by atoms with Gasteiger partial charge in [0.1, 0.15) is 6.54 Å². The summed E-state index contributed by atoms with van der Waals surface area (Å²) >= 11 is 13.9. The Hall–Kier alpha value is -2.19. The quantitative estimate of drug-likeness (QED) is 0.329. The van der Waals surface area contributed by atoms with Crippen molar-refractivity contribution in [3.05, 3.63) is 93.5 Å². The molecule has 0 aliphatic carbocycles. The summed E-state index contributed by atoms with van der Waals surface area (Å²) in [5.74, 6) is 1.13. The molecular formula is C25H26Cl2N2O3S2. The van der Waals surface area contributed by atoms with E-state index in [0.29, 0.717) is 12.3 Å². The molecule has 0 heterocycles. The molecule has 0 fully saturated rings. The summed E-state index contributed by atoms with van der Waals surface area (Å²) in [5, 5.41) is 3.36. The number of carbonyl (C=O) groups excluding carboxylic acids is 1. The Balaban J connectivity index is 1.68. The standard InChI is InChI=1S/C25H26Cl2N2O3S2/c1-18-3-7-20(8-4-18)17-33-12-11-28-25(30)16-29(23-14-21(26)13-22(27)15-23)34(31,32)24-9-5-19(2)6-10-24/h3-10,13-15H,11-12,16-17H2,1-2H3,(H,28,30). The number of carbonyl (C=O) groups is 1. The Morgan fingerprint density at radius 2 is 1.47 bits per heavy atom. The molecule has 0 atom stereocenters. The van der Waals surface area contributed by atoms with Gasteiger partial charge in [-0.15, -0.1) is 0 Å². The van der Waals surface area contributed by atoms with E-state index in [2.05, 4.69) is 29.6 Å². The van der Waals surface area contributed by atoms with Crippen molar-refractivity contribution in [1.29, 1.82) is 0 Å². The third kappa shape index (κ3) is 7.40. The van der Waals surface area contributed by atoms with Crippen LogP contribution in [-0.4, -0.2) is 33.2 Å². The molecule has 0 aliphatic rings. The van der Waals surface area contributed by atoms with Crippen LogP contribution in [-0.2, 0) is 20.6 Å². The normalized spacial score (nSPS) is 11.3. The van der Waals surface area contributed by atoms with E-state index >= 15 is 0 Å². The molecule has 0 saturated heterocycles. The molecule has 3 rings (SSSR count). The molecule has 0 spiro atoms. The number of benzene rings is 3. The topological polar surface area (TPSA) is 66.5 Å². The van der Waals surface area contributed by atoms with Crippen LogP contribution in [0.5, 0.6) is 0 Å². The molecule has 3 aromatic rings. The summed E-state index contributed by atoms with van der Waals surface area (Å²) in [4.78, 5) is 12.8. The molecule has 5 nitrogen and oxygen atoms in total. The van der Waals surface area contributed by atoms with Gasteiger partial charge in [-0.25, -0.2) is 8.42 Å². The molecule has 0 radical (unpaired) electrons. The highest BCUT2D eigenvalue weighted by atomic mass is 35.5. The van der Waals surface area contributed by atoms with Gasteiger partial charge in [-0.05, 0) is 49.7 Å². The summed E-state index contributed by atoms with van der Waals surface area (Å²) in [6.07, 6.45) is 0. The SMILES string of the molecule is Cc1ccc(CSCCNC(=O)CN(c2cc(Cl)cc(Cl)c2)S(=O)(=O)c2ccc(C)cc2)cc1. The van der Waals surface area contributed by atoms with Crippen molar-refractivity contribution >= 4 is 56.6 Å². The van der Waals surface area contributed by atoms with Gasteiger partial charge >= 0.3 is 0 Å². The molecule has 9 heteroatoms. The summed E-state index contributed by atoms with van der Waals surface area (Å²) in [6, 6.07) is 19.2. The monoisotopic (exact) mass is 536 g/mol. The van der Waals surface area contributed by atoms with Crippen LogP contribution in [0, 0.1) is 13.8 Å². The summed E-state index contributed by atoms with van der Waals surface area (Å²) < 4.78 is 27.9. The lowest BCUT2D eigenvalue weighted by molar-refractivity contribution is -0.119. The van der Waals surface area contributed by atoms with Gasteiger partial charge in [-0.2, -0.15) is 11.8 Å². The van der Waals surface area contributed by atoms with Crippen LogP contribution in [0.25, 0.3) is 0 Å². The number of halogens is 2. The van der Waals surface area contributed by atoms with Crippen LogP contribution >= 0.6 is 35.0 Å². The third-order valence-corrected chi connectivity index (χ3v) is 8.24. The van der Waals surface area contributed by atoms with Gasteiger partial charge in [0.2, 0.25) is 5.91 Å². The predicted molar refractivity (Wildman–Crippen MR) is 143 cm³/mol. The maximum Gasteiger partial charge on any atom is 0.264 e. The first kappa shape index (κ1) is 26.4. The molecule has 0 saturated carbocycles. The van der Waals surface area contributed by atoms with Gasteiger partial charge < -0.3 is 5.32 Å². The second kappa shape index (κ2) is 12.0. The highest BCUT2D eigenvalue weighted by Gasteiger charge is 2.27. The van der Waals surface area contributed by atoms with Gasteiger partial charge in [0.25, 0.3) is 10.0 Å². The number of amides is 1. The Kier molecular flexibility index (Phi) is 9.31. The Bertz CT molecular complexity index is 1210. The molecule has 1 N–H and O–H groups in total. The van der Waals surface area contributed by atoms with E-state index in [1.54, 1.807) is 23.9 Å². The first-order valence-corrected chi connectivity index (χ1v) is 14.0. The van der Waals surface area contributed by atoms with Crippen molar-refractivity contribution in [1.82, 2.24) is 5.32 Å². The summed E-state index contributed by atoms with van der Waals surface area (Å²) in [5.41, 5.74) is 3.58. The van der Waals surface area contributed by atoms with Gasteiger partial charge in [0.05, 0.1) is 10.6 Å². The highest BCUT2D eigenvalue weighted by molar-refractivity contribution is 7.98. The number of aryl methyl sites for hydroxylation is 2. The second-order valence-corrected chi connectivity index (χ2v) is 11.7. The van der Waals surface area contributed by atoms with Crippen molar-refractivity contribution in [2.45, 2.75) is 24.5 Å². The van der Waals surface area contributed by atoms with E-state index in [1.807, 2.05) is 13.8 Å². The summed E-state index contributed by atoms with van der Waals surface area (Å²) in [7, 11) is -4.02. The molecule has 34 heavy (non-hydrogen) atoms. The number of hydrogen-bond donors (Lipinski definition) is 1. The van der Waals surface area contributed by atoms with Crippen LogP contribution in [0.15, 0.2) is 71.6 Å². The van der Waals surface area contributed by atoms with Crippen LogP contribution < -0.4 is 9.62 Å². The van der Waals surface area contributed by atoms with E-state index in [4.69, 9.17) is 23.2 Å². The molecule has 180 valence electrons. The minimum atomic E-state index is -4.02. The first-order valence-electron chi connectivity index (χ1n) is 10.6. The molecule has 0 bridgehead atoms. The van der Waals surface area contributed by atoms with Crippen molar-refractivity contribution < 1.29 is 13.2 Å². The fourth-order valence-electron chi connectivity index (χ4n) is 3.16. The fraction of sp³-hybridized carbons (Fsp3) is 0.240. The lowest BCUT2D eigenvalue weighted by Gasteiger charge is -2.24. The van der Waals surface area contributed by atoms with E-state index in [-0.39, 0.29) is 20.6 Å². The van der Waals surface area contributed by atoms with Crippen molar-refractivity contribution in [3.8, 4) is 0 Å². The number of anilines is 1. The number of nitrogens with zero attached hydrogens (tertiary/aromatic N) is 1. The summed E-state index contributed by atoms with van der Waals surface area (Å²) in [6.45, 7) is 3.95. The van der Waals surface area contributed by atoms with E-state index in [1.165, 1.54) is 41.5 Å². The number of sulfonamides is 1. The average Bonchev–Trinajstić information content (AvgIpc) is 2.78. The highest BCUT2D eigenvalue weighted by Crippen LogP contribution is 2.29. The molecule has 1 amide bonds. The van der Waals surface area contributed by atoms with Crippen LogP contribution in [0.4, 0.5) is 5.69 Å². The largest absolute Gasteiger partial charge is 0.354 e. The number of rotatable bonds is 10. The number of hydrogen-bond acceptors (Lipinski definition) is 4. The van der Waals surface area contributed by atoms with Crippen LogP contribution in [0.2, 0.25) is 10.0 Å². The molecule has 0 aromatic heterocycles. The zero-order valence-corrected chi connectivity index (χ0v) is 22.1. The zero-order valence-electron chi connectivity index (χ0n) is 18.9. The van der Waals surface area contributed by atoms with Gasteiger partial charge in [-0.1, -0.05) is 70.7 Å². The van der Waals surface area contributed by atoms with Gasteiger partial charge in [0, 0.05) is 28.1 Å². The second-order valence-electron chi connectivity index (χ2n) is 7.84. The van der Waals surface area contributed by atoms with E-state index < -0.39 is 22.5 Å². The van der Waals surface area contributed by atoms with Gasteiger partial charge in [-0.3, -0.25) is 9.10 Å². The minimum Gasteiger partial charge on any atom is -0.354 e. The zero-order chi connectivity index (χ0) is 24.7. The predicted octanol–water partition coefficient (Wildman–Crippen LogP) is 5.86. The van der Waals surface area contributed by atoms with Crippen LogP contribution in [0.1, 0.15) is 16.7 Å². The third-order valence-electron chi connectivity index (χ3n) is 4.99. The Labute approximate surface area is 215 Å². The number of nitrogens with one attached hydrogen (secondary N) is 1. The van der Waals surface area contributed by atoms with E-state index in [9.17, 15) is 13.2 Å². The lowest BCUT2D eigenvalue weighted by atomic mass is 10.2. The Morgan fingerprint density at radius 3 is 2.06 bits per heavy atom. The maximum atomic E-state index is 13.4. The number of thioether (sulfide) groups is 1. The Morgan fingerprint density at radius 1 is 0.912 bits per heavy atom. The molecule has 0 aliphatic heterocycles. The van der Waals surface area contributed by atoms with Crippen molar-refractivity contribution in [2.24, 2.45) is 0 Å². The van der Waals surface area contributed by atoms with Crippen LogP contribution in [0.3, 0.4) is 0 Å². The van der Waals surface area contributed by atoms with Crippen molar-refractivity contribution in [2.75, 3.05) is 23.1 Å². The molecular weight excluding hydrogens is 511 g/mol. The molecule has 0 unspecified atom stereocenters. The smallest absolute Gasteiger partial charge is 0.264 e. The fourth-order valence-corrected chi connectivity index (χ4v) is 5.90. The maximum absolute atomic E-state index is 13.4.